The number of fused-ring (bicyclic) bond motifs is 1. The number of ether oxygens (including phenoxy) is 1. The molecular formula is C18H22N2O3. The van der Waals surface area contributed by atoms with Crippen LogP contribution in [0.3, 0.4) is 0 Å². The molecule has 5 nitrogen and oxygen atoms in total. The van der Waals surface area contributed by atoms with E-state index in [-0.39, 0.29) is 18.4 Å². The van der Waals surface area contributed by atoms with Gasteiger partial charge in [0, 0.05) is 30.1 Å². The average molecular weight is 314 g/mol. The third-order valence-electron chi connectivity index (χ3n) is 4.20. The fourth-order valence-corrected chi connectivity index (χ4v) is 2.56. The molecule has 2 N–H and O–H groups in total. The summed E-state index contributed by atoms with van der Waals surface area (Å²) in [6, 6.07) is 7.51. The van der Waals surface area contributed by atoms with Gasteiger partial charge >= 0.3 is 0 Å². The van der Waals surface area contributed by atoms with E-state index >= 15 is 0 Å². The van der Waals surface area contributed by atoms with E-state index in [0.29, 0.717) is 23.8 Å². The minimum absolute atomic E-state index is 0.0319. The van der Waals surface area contributed by atoms with Crippen LogP contribution in [0.2, 0.25) is 0 Å². The standard InChI is InChI=1S/C18H22N2O3/c1-11(10-21)9-19-18(22)15-8-17(12-3-4-12)20-16-6-5-13(23-2)7-14(15)16/h5-8,11-12,21H,3-4,9-10H2,1-2H3,(H,19,22). The first-order chi connectivity index (χ1) is 11.1. The zero-order chi connectivity index (χ0) is 16.4. The molecule has 1 saturated carbocycles. The zero-order valence-electron chi connectivity index (χ0n) is 13.5. The van der Waals surface area contributed by atoms with Crippen LogP contribution in [0.5, 0.6) is 5.75 Å². The number of hydrogen-bond acceptors (Lipinski definition) is 4. The predicted molar refractivity (Wildman–Crippen MR) is 88.9 cm³/mol. The van der Waals surface area contributed by atoms with Gasteiger partial charge in [0.05, 0.1) is 18.2 Å². The topological polar surface area (TPSA) is 71.5 Å². The van der Waals surface area contributed by atoms with Gasteiger partial charge in [-0.2, -0.15) is 0 Å². The smallest absolute Gasteiger partial charge is 0.252 e. The number of pyridine rings is 1. The fraction of sp³-hybridized carbons (Fsp3) is 0.444. The average Bonchev–Trinajstić information content (AvgIpc) is 3.42. The van der Waals surface area contributed by atoms with E-state index in [2.05, 4.69) is 5.32 Å². The van der Waals surface area contributed by atoms with E-state index in [1.54, 1.807) is 7.11 Å². The number of amides is 1. The number of hydrogen-bond donors (Lipinski definition) is 2. The number of carbonyl (C=O) groups excluding carboxylic acids is 1. The quantitative estimate of drug-likeness (QED) is 0.859. The van der Waals surface area contributed by atoms with Crippen LogP contribution < -0.4 is 10.1 Å². The lowest BCUT2D eigenvalue weighted by Gasteiger charge is -2.13. The highest BCUT2D eigenvalue weighted by Crippen LogP contribution is 2.40. The van der Waals surface area contributed by atoms with Crippen molar-refractivity contribution in [1.29, 1.82) is 0 Å². The third-order valence-corrected chi connectivity index (χ3v) is 4.20. The lowest BCUT2D eigenvalue weighted by Crippen LogP contribution is -2.29. The van der Waals surface area contributed by atoms with Crippen LogP contribution in [0.15, 0.2) is 24.3 Å². The van der Waals surface area contributed by atoms with Crippen molar-refractivity contribution in [2.45, 2.75) is 25.7 Å². The Morgan fingerprint density at radius 3 is 2.87 bits per heavy atom. The molecule has 0 saturated heterocycles. The van der Waals surface area contributed by atoms with Crippen LogP contribution in [0.4, 0.5) is 0 Å². The summed E-state index contributed by atoms with van der Waals surface area (Å²) in [5.41, 5.74) is 2.43. The van der Waals surface area contributed by atoms with Crippen LogP contribution in [-0.2, 0) is 0 Å². The van der Waals surface area contributed by atoms with Crippen molar-refractivity contribution >= 4 is 16.8 Å². The van der Waals surface area contributed by atoms with Crippen LogP contribution in [0.1, 0.15) is 41.7 Å². The Kier molecular flexibility index (Phi) is 4.48. The molecule has 122 valence electrons. The normalized spacial score (nSPS) is 15.4. The summed E-state index contributed by atoms with van der Waals surface area (Å²) in [7, 11) is 1.61. The second-order valence-corrected chi connectivity index (χ2v) is 6.25. The van der Waals surface area contributed by atoms with Gasteiger partial charge in [-0.1, -0.05) is 6.92 Å². The van der Waals surface area contributed by atoms with E-state index in [0.717, 1.165) is 29.4 Å². The Hall–Kier alpha value is -2.14. The second-order valence-electron chi connectivity index (χ2n) is 6.25. The van der Waals surface area contributed by atoms with Crippen molar-refractivity contribution in [3.8, 4) is 5.75 Å². The lowest BCUT2D eigenvalue weighted by molar-refractivity contribution is 0.0944. The number of carbonyl (C=O) groups is 1. The molecule has 0 aliphatic heterocycles. The molecule has 0 bridgehead atoms. The molecule has 23 heavy (non-hydrogen) atoms. The zero-order valence-corrected chi connectivity index (χ0v) is 13.5. The SMILES string of the molecule is COc1ccc2nc(C3CC3)cc(C(=O)NCC(C)CO)c2c1. The number of aliphatic hydroxyl groups is 1. The first kappa shape index (κ1) is 15.7. The summed E-state index contributed by atoms with van der Waals surface area (Å²) in [5, 5.41) is 12.8. The molecule has 1 heterocycles. The summed E-state index contributed by atoms with van der Waals surface area (Å²) < 4.78 is 5.27. The molecule has 0 spiro atoms. The van der Waals surface area contributed by atoms with Gasteiger partial charge in [0.2, 0.25) is 0 Å². The highest BCUT2D eigenvalue weighted by atomic mass is 16.5. The molecule has 1 atom stereocenters. The third kappa shape index (κ3) is 3.45. The van der Waals surface area contributed by atoms with Crippen LogP contribution in [-0.4, -0.2) is 36.3 Å². The van der Waals surface area contributed by atoms with E-state index in [1.165, 1.54) is 0 Å². The van der Waals surface area contributed by atoms with E-state index in [1.807, 2.05) is 31.2 Å². The Bertz CT molecular complexity index is 726. The van der Waals surface area contributed by atoms with Gasteiger partial charge in [0.25, 0.3) is 5.91 Å². The van der Waals surface area contributed by atoms with E-state index in [4.69, 9.17) is 14.8 Å². The second kappa shape index (κ2) is 6.54. The molecule has 2 aromatic rings. The highest BCUT2D eigenvalue weighted by Gasteiger charge is 2.27. The Balaban J connectivity index is 1.99. The number of rotatable bonds is 6. The maximum absolute atomic E-state index is 12.6. The molecular weight excluding hydrogens is 292 g/mol. The molecule has 0 radical (unpaired) electrons. The number of aliphatic hydroxyl groups excluding tert-OH is 1. The molecule has 1 aliphatic rings. The molecule has 3 rings (SSSR count). The first-order valence-corrected chi connectivity index (χ1v) is 8.00. The van der Waals surface area contributed by atoms with E-state index < -0.39 is 0 Å². The van der Waals surface area contributed by atoms with Crippen molar-refractivity contribution in [2.24, 2.45) is 5.92 Å². The van der Waals surface area contributed by atoms with Crippen LogP contribution >= 0.6 is 0 Å². The van der Waals surface area contributed by atoms with Gasteiger partial charge < -0.3 is 15.2 Å². The number of aromatic nitrogens is 1. The molecule has 1 fully saturated rings. The van der Waals surface area contributed by atoms with Gasteiger partial charge in [-0.05, 0) is 43.0 Å². The molecule has 1 amide bonds. The van der Waals surface area contributed by atoms with Crippen LogP contribution in [0.25, 0.3) is 10.9 Å². The first-order valence-electron chi connectivity index (χ1n) is 8.00. The van der Waals surface area contributed by atoms with E-state index in [9.17, 15) is 4.79 Å². The maximum Gasteiger partial charge on any atom is 0.252 e. The van der Waals surface area contributed by atoms with Crippen molar-refractivity contribution < 1.29 is 14.6 Å². The summed E-state index contributed by atoms with van der Waals surface area (Å²) in [4.78, 5) is 17.3. The van der Waals surface area contributed by atoms with Gasteiger partial charge in [-0.15, -0.1) is 0 Å². The molecule has 1 unspecified atom stereocenters. The highest BCUT2D eigenvalue weighted by molar-refractivity contribution is 6.06. The van der Waals surface area contributed by atoms with Crippen molar-refractivity contribution in [3.63, 3.8) is 0 Å². The Morgan fingerprint density at radius 2 is 2.22 bits per heavy atom. The van der Waals surface area contributed by atoms with Crippen molar-refractivity contribution in [3.05, 3.63) is 35.5 Å². The Morgan fingerprint density at radius 1 is 1.43 bits per heavy atom. The number of nitrogens with zero attached hydrogens (tertiary/aromatic N) is 1. The number of nitrogens with one attached hydrogen (secondary N) is 1. The predicted octanol–water partition coefficient (Wildman–Crippen LogP) is 2.48. The van der Waals surface area contributed by atoms with Gasteiger partial charge in [0.15, 0.2) is 0 Å². The largest absolute Gasteiger partial charge is 0.497 e. The van der Waals surface area contributed by atoms with Crippen LogP contribution in [0, 0.1) is 5.92 Å². The van der Waals surface area contributed by atoms with Gasteiger partial charge in [-0.25, -0.2) is 0 Å². The summed E-state index contributed by atoms with van der Waals surface area (Å²) in [5.74, 6) is 1.08. The fourth-order valence-electron chi connectivity index (χ4n) is 2.56. The molecule has 5 heteroatoms. The summed E-state index contributed by atoms with van der Waals surface area (Å²) in [6.45, 7) is 2.39. The molecule has 1 aromatic carbocycles. The van der Waals surface area contributed by atoms with Crippen molar-refractivity contribution in [2.75, 3.05) is 20.3 Å². The lowest BCUT2D eigenvalue weighted by atomic mass is 10.0. The monoisotopic (exact) mass is 314 g/mol. The summed E-state index contributed by atoms with van der Waals surface area (Å²) >= 11 is 0. The minimum atomic E-state index is -0.132. The van der Waals surface area contributed by atoms with Gasteiger partial charge in [-0.3, -0.25) is 9.78 Å². The summed E-state index contributed by atoms with van der Waals surface area (Å²) in [6.07, 6.45) is 2.27. The number of benzene rings is 1. The van der Waals surface area contributed by atoms with Gasteiger partial charge in [0.1, 0.15) is 5.75 Å². The maximum atomic E-state index is 12.6. The van der Waals surface area contributed by atoms with Crippen molar-refractivity contribution in [1.82, 2.24) is 10.3 Å². The number of methoxy groups -OCH3 is 1. The Labute approximate surface area is 135 Å². The minimum Gasteiger partial charge on any atom is -0.497 e. The molecule has 1 aliphatic carbocycles. The molecule has 1 aromatic heterocycles.